The fourth-order valence-corrected chi connectivity index (χ4v) is 2.81. The van der Waals surface area contributed by atoms with Gasteiger partial charge in [0.2, 0.25) is 0 Å². The molecule has 74 valence electrons. The average Bonchev–Trinajstić information content (AvgIpc) is 1.70. The number of hydrogen-bond acceptors (Lipinski definition) is 1. The molecular weight excluding hydrogens is 185 g/mol. The summed E-state index contributed by atoms with van der Waals surface area (Å²) in [4.78, 5) is 10.3. The number of carboxylic acid groups (broad SMARTS) is 1. The molecule has 3 aliphatic carbocycles. The quantitative estimate of drug-likeness (QED) is 0.731. The molecule has 0 radical (unpaired) electrons. The molecule has 13 heavy (non-hydrogen) atoms. The number of carbonyl (C=O) groups is 1. The lowest BCUT2D eigenvalue weighted by Crippen LogP contribution is -2.68. The Morgan fingerprint density at radius 1 is 1.31 bits per heavy atom. The number of halogens is 3. The van der Waals surface area contributed by atoms with E-state index < -0.39 is 23.0 Å². The molecule has 0 aromatic heterocycles. The molecular formula is C8H9F3O2. The van der Waals surface area contributed by atoms with Crippen molar-refractivity contribution in [2.24, 2.45) is 10.8 Å². The minimum Gasteiger partial charge on any atom is -0.481 e. The smallest absolute Gasteiger partial charge is 0.394 e. The Kier molecular flexibility index (Phi) is 1.37. The minimum absolute atomic E-state index is 0.0236. The second-order valence-corrected chi connectivity index (χ2v) is 4.38. The van der Waals surface area contributed by atoms with Crippen molar-refractivity contribution in [1.82, 2.24) is 0 Å². The van der Waals surface area contributed by atoms with Gasteiger partial charge in [-0.3, -0.25) is 4.79 Å². The highest BCUT2D eigenvalue weighted by molar-refractivity contribution is 5.68. The topological polar surface area (TPSA) is 37.3 Å². The molecule has 0 aliphatic heterocycles. The van der Waals surface area contributed by atoms with Crippen LogP contribution in [-0.2, 0) is 4.79 Å². The first kappa shape index (κ1) is 8.84. The summed E-state index contributed by atoms with van der Waals surface area (Å²) in [7, 11) is 0. The van der Waals surface area contributed by atoms with Crippen molar-refractivity contribution in [3.05, 3.63) is 0 Å². The zero-order chi connectivity index (χ0) is 9.91. The van der Waals surface area contributed by atoms with E-state index in [1.165, 1.54) is 0 Å². The Balaban J connectivity index is 1.97. The lowest BCUT2D eigenvalue weighted by molar-refractivity contribution is -0.363. The van der Waals surface area contributed by atoms with E-state index >= 15 is 0 Å². The lowest BCUT2D eigenvalue weighted by atomic mass is 9.34. The summed E-state index contributed by atoms with van der Waals surface area (Å²) >= 11 is 0. The predicted octanol–water partition coefficient (Wildman–Crippen LogP) is 2.19. The molecule has 0 aromatic rings. The van der Waals surface area contributed by atoms with E-state index in [0.717, 1.165) is 0 Å². The molecule has 0 spiro atoms. The van der Waals surface area contributed by atoms with Gasteiger partial charge in [0, 0.05) is 0 Å². The molecule has 3 rings (SSSR count). The van der Waals surface area contributed by atoms with Crippen molar-refractivity contribution in [2.45, 2.75) is 31.9 Å². The SMILES string of the molecule is O=C(O)CC12CC(C(F)(F)F)(C1)C2. The Hall–Kier alpha value is -0.740. The van der Waals surface area contributed by atoms with E-state index in [9.17, 15) is 18.0 Å². The molecule has 2 bridgehead atoms. The molecule has 3 aliphatic rings. The van der Waals surface area contributed by atoms with Gasteiger partial charge in [-0.2, -0.15) is 13.2 Å². The van der Waals surface area contributed by atoms with Crippen LogP contribution in [0, 0.1) is 10.8 Å². The fraction of sp³-hybridized carbons (Fsp3) is 0.875. The van der Waals surface area contributed by atoms with Gasteiger partial charge in [-0.25, -0.2) is 0 Å². The molecule has 0 unspecified atom stereocenters. The first-order chi connectivity index (χ1) is 5.79. The van der Waals surface area contributed by atoms with Gasteiger partial charge in [0.1, 0.15) is 0 Å². The molecule has 0 heterocycles. The van der Waals surface area contributed by atoms with Gasteiger partial charge in [0.15, 0.2) is 0 Å². The van der Waals surface area contributed by atoms with E-state index in [4.69, 9.17) is 5.11 Å². The zero-order valence-corrected chi connectivity index (χ0v) is 6.82. The molecule has 0 atom stereocenters. The van der Waals surface area contributed by atoms with Crippen molar-refractivity contribution < 1.29 is 23.1 Å². The zero-order valence-electron chi connectivity index (χ0n) is 6.82. The van der Waals surface area contributed by atoms with Crippen molar-refractivity contribution in [1.29, 1.82) is 0 Å². The van der Waals surface area contributed by atoms with Gasteiger partial charge >= 0.3 is 12.1 Å². The first-order valence-electron chi connectivity index (χ1n) is 4.07. The first-order valence-corrected chi connectivity index (χ1v) is 4.07. The summed E-state index contributed by atoms with van der Waals surface area (Å²) < 4.78 is 36.8. The van der Waals surface area contributed by atoms with E-state index in [1.807, 2.05) is 0 Å². The Bertz CT molecular complexity index is 249. The fourth-order valence-electron chi connectivity index (χ4n) is 2.81. The van der Waals surface area contributed by atoms with E-state index in [0.29, 0.717) is 0 Å². The number of aliphatic carboxylic acids is 1. The summed E-state index contributed by atoms with van der Waals surface area (Å²) in [6.45, 7) is 0. The van der Waals surface area contributed by atoms with Crippen molar-refractivity contribution >= 4 is 5.97 Å². The molecule has 0 aromatic carbocycles. The van der Waals surface area contributed by atoms with Crippen LogP contribution in [-0.4, -0.2) is 17.3 Å². The van der Waals surface area contributed by atoms with Crippen LogP contribution < -0.4 is 0 Å². The lowest BCUT2D eigenvalue weighted by Gasteiger charge is -2.70. The van der Waals surface area contributed by atoms with Crippen molar-refractivity contribution in [2.75, 3.05) is 0 Å². The second kappa shape index (κ2) is 2.01. The highest BCUT2D eigenvalue weighted by Crippen LogP contribution is 2.79. The van der Waals surface area contributed by atoms with Crippen molar-refractivity contribution in [3.63, 3.8) is 0 Å². The summed E-state index contributed by atoms with van der Waals surface area (Å²) in [6.07, 6.45) is -4.17. The predicted molar refractivity (Wildman–Crippen MR) is 37.0 cm³/mol. The van der Waals surface area contributed by atoms with Crippen LogP contribution in [0.5, 0.6) is 0 Å². The normalized spacial score (nSPS) is 42.1. The minimum atomic E-state index is -4.13. The van der Waals surface area contributed by atoms with E-state index in [1.54, 1.807) is 0 Å². The highest BCUT2D eigenvalue weighted by atomic mass is 19.4. The Morgan fingerprint density at radius 3 is 2.08 bits per heavy atom. The van der Waals surface area contributed by atoms with Gasteiger partial charge in [-0.1, -0.05) is 0 Å². The maximum atomic E-state index is 12.3. The summed E-state index contributed by atoms with van der Waals surface area (Å²) in [5, 5.41) is 8.44. The van der Waals surface area contributed by atoms with Gasteiger partial charge in [-0.15, -0.1) is 0 Å². The van der Waals surface area contributed by atoms with E-state index in [2.05, 4.69) is 0 Å². The third-order valence-corrected chi connectivity index (χ3v) is 3.27. The molecule has 0 amide bonds. The van der Waals surface area contributed by atoms with Gasteiger partial charge < -0.3 is 5.11 Å². The van der Waals surface area contributed by atoms with Crippen LogP contribution in [0.4, 0.5) is 13.2 Å². The van der Waals surface area contributed by atoms with Crippen LogP contribution >= 0.6 is 0 Å². The number of alkyl halides is 3. The summed E-state index contributed by atoms with van der Waals surface area (Å²) in [6, 6.07) is 0. The molecule has 1 N–H and O–H groups in total. The third-order valence-electron chi connectivity index (χ3n) is 3.27. The van der Waals surface area contributed by atoms with Gasteiger partial charge in [0.05, 0.1) is 11.8 Å². The highest BCUT2D eigenvalue weighted by Gasteiger charge is 2.78. The van der Waals surface area contributed by atoms with Crippen LogP contribution in [0.15, 0.2) is 0 Å². The maximum Gasteiger partial charge on any atom is 0.394 e. The monoisotopic (exact) mass is 194 g/mol. The van der Waals surface area contributed by atoms with Gasteiger partial charge in [0.25, 0.3) is 0 Å². The molecule has 2 nitrogen and oxygen atoms in total. The Morgan fingerprint density at radius 2 is 1.77 bits per heavy atom. The second-order valence-electron chi connectivity index (χ2n) is 4.38. The van der Waals surface area contributed by atoms with Crippen LogP contribution in [0.1, 0.15) is 25.7 Å². The molecule has 5 heteroatoms. The van der Waals surface area contributed by atoms with Crippen LogP contribution in [0.2, 0.25) is 0 Å². The number of carboxylic acids is 1. The van der Waals surface area contributed by atoms with Crippen LogP contribution in [0.3, 0.4) is 0 Å². The molecule has 0 saturated heterocycles. The van der Waals surface area contributed by atoms with E-state index in [-0.39, 0.29) is 25.7 Å². The largest absolute Gasteiger partial charge is 0.481 e. The standard InChI is InChI=1S/C8H9F3O2/c9-8(10,11)7-2-6(3-7,4-7)1-5(12)13/h1-4H2,(H,12,13). The maximum absolute atomic E-state index is 12.3. The van der Waals surface area contributed by atoms with Crippen molar-refractivity contribution in [3.8, 4) is 0 Å². The number of rotatable bonds is 2. The third kappa shape index (κ3) is 0.988. The summed E-state index contributed by atoms with van der Waals surface area (Å²) in [5.74, 6) is -0.990. The molecule has 3 saturated carbocycles. The average molecular weight is 194 g/mol. The summed E-state index contributed by atoms with van der Waals surface area (Å²) in [5.41, 5.74) is -2.02. The van der Waals surface area contributed by atoms with Crippen LogP contribution in [0.25, 0.3) is 0 Å². The molecule has 3 fully saturated rings. The van der Waals surface area contributed by atoms with Gasteiger partial charge in [-0.05, 0) is 24.7 Å². The Labute approximate surface area is 72.7 Å². The number of hydrogen-bond donors (Lipinski definition) is 1.